The summed E-state index contributed by atoms with van der Waals surface area (Å²) in [5.74, 6) is 0. The van der Waals surface area contributed by atoms with Gasteiger partial charge in [0, 0.05) is 0 Å². The second kappa shape index (κ2) is 3.55. The third-order valence-electron chi connectivity index (χ3n) is 2.64. The van der Waals surface area contributed by atoms with Gasteiger partial charge in [0.25, 0.3) is 0 Å². The number of halogens is 1. The van der Waals surface area contributed by atoms with Crippen LogP contribution in [-0.4, -0.2) is 6.17 Å². The molecule has 0 radical (unpaired) electrons. The Hall–Kier alpha value is -0.0700. The zero-order chi connectivity index (χ0) is 8.32. The topological polar surface area (TPSA) is 0 Å². The van der Waals surface area contributed by atoms with Crippen LogP contribution >= 0.6 is 0 Å². The van der Waals surface area contributed by atoms with Crippen molar-refractivity contribution in [1.82, 2.24) is 0 Å². The Morgan fingerprint density at radius 3 is 2.64 bits per heavy atom. The van der Waals surface area contributed by atoms with Crippen LogP contribution in [0.2, 0.25) is 0 Å². The van der Waals surface area contributed by atoms with E-state index in [9.17, 15) is 4.39 Å². The van der Waals surface area contributed by atoms with Crippen molar-refractivity contribution in [3.8, 4) is 0 Å². The lowest BCUT2D eigenvalue weighted by atomic mass is 9.79. The van der Waals surface area contributed by atoms with E-state index >= 15 is 0 Å². The van der Waals surface area contributed by atoms with Gasteiger partial charge in [-0.05, 0) is 24.7 Å². The van der Waals surface area contributed by atoms with Crippen molar-refractivity contribution in [2.75, 3.05) is 0 Å². The van der Waals surface area contributed by atoms with Crippen molar-refractivity contribution in [3.63, 3.8) is 0 Å². The molecule has 1 atom stereocenters. The summed E-state index contributed by atoms with van der Waals surface area (Å²) in [6.45, 7) is 4.37. The van der Waals surface area contributed by atoms with Gasteiger partial charge in [-0.2, -0.15) is 0 Å². The first-order valence-electron chi connectivity index (χ1n) is 4.74. The Bertz CT molecular complexity index is 118. The van der Waals surface area contributed by atoms with Gasteiger partial charge in [0.15, 0.2) is 0 Å². The van der Waals surface area contributed by atoms with Crippen LogP contribution in [0.1, 0.15) is 52.4 Å². The van der Waals surface area contributed by atoms with Crippen molar-refractivity contribution in [2.24, 2.45) is 5.41 Å². The summed E-state index contributed by atoms with van der Waals surface area (Å²) in [5, 5.41) is 0. The number of rotatable bonds is 0. The molecule has 11 heavy (non-hydrogen) atoms. The molecule has 1 unspecified atom stereocenters. The van der Waals surface area contributed by atoms with E-state index in [4.69, 9.17) is 0 Å². The fourth-order valence-corrected chi connectivity index (χ4v) is 1.95. The molecule has 0 aromatic rings. The van der Waals surface area contributed by atoms with Gasteiger partial charge < -0.3 is 0 Å². The average Bonchev–Trinajstić information content (AvgIpc) is 1.82. The van der Waals surface area contributed by atoms with Crippen LogP contribution in [0, 0.1) is 5.41 Å². The molecular formula is C10H19F. The van der Waals surface area contributed by atoms with Crippen molar-refractivity contribution in [2.45, 2.75) is 58.5 Å². The highest BCUT2D eigenvalue weighted by Crippen LogP contribution is 2.33. The molecule has 1 heteroatoms. The first kappa shape index (κ1) is 9.02. The van der Waals surface area contributed by atoms with E-state index in [1.165, 1.54) is 19.3 Å². The van der Waals surface area contributed by atoms with Crippen LogP contribution in [0.15, 0.2) is 0 Å². The maximum Gasteiger partial charge on any atom is 0.101 e. The van der Waals surface area contributed by atoms with E-state index < -0.39 is 6.17 Å². The molecule has 1 fully saturated rings. The molecule has 0 aliphatic heterocycles. The summed E-state index contributed by atoms with van der Waals surface area (Å²) in [6.07, 6.45) is 5.84. The van der Waals surface area contributed by atoms with E-state index in [0.717, 1.165) is 19.3 Å². The minimum Gasteiger partial charge on any atom is -0.247 e. The smallest absolute Gasteiger partial charge is 0.101 e. The van der Waals surface area contributed by atoms with Crippen LogP contribution in [0.4, 0.5) is 4.39 Å². The van der Waals surface area contributed by atoms with Gasteiger partial charge in [0.1, 0.15) is 6.17 Å². The Kier molecular flexibility index (Phi) is 2.91. The van der Waals surface area contributed by atoms with E-state index in [2.05, 4.69) is 13.8 Å². The maximum absolute atomic E-state index is 13.1. The molecule has 1 aliphatic rings. The highest BCUT2D eigenvalue weighted by Gasteiger charge is 2.24. The van der Waals surface area contributed by atoms with Crippen molar-refractivity contribution in [3.05, 3.63) is 0 Å². The molecule has 0 N–H and O–H groups in total. The zero-order valence-corrected chi connectivity index (χ0v) is 7.70. The number of hydrogen-bond donors (Lipinski definition) is 0. The lowest BCUT2D eigenvalue weighted by molar-refractivity contribution is 0.167. The van der Waals surface area contributed by atoms with Crippen LogP contribution in [-0.2, 0) is 0 Å². The molecule has 0 aromatic carbocycles. The van der Waals surface area contributed by atoms with E-state index in [0.29, 0.717) is 0 Å². The summed E-state index contributed by atoms with van der Waals surface area (Å²) < 4.78 is 13.1. The molecule has 1 rings (SSSR count). The predicted octanol–water partition coefficient (Wildman–Crippen LogP) is 3.70. The average molecular weight is 158 g/mol. The lowest BCUT2D eigenvalue weighted by Gasteiger charge is -2.28. The van der Waals surface area contributed by atoms with Crippen molar-refractivity contribution in [1.29, 1.82) is 0 Å². The van der Waals surface area contributed by atoms with Crippen LogP contribution < -0.4 is 0 Å². The number of alkyl halides is 1. The van der Waals surface area contributed by atoms with Crippen molar-refractivity contribution >= 4 is 0 Å². The maximum atomic E-state index is 13.1. The summed E-state index contributed by atoms with van der Waals surface area (Å²) in [7, 11) is 0. The van der Waals surface area contributed by atoms with Gasteiger partial charge >= 0.3 is 0 Å². The lowest BCUT2D eigenvalue weighted by Crippen LogP contribution is -2.19. The van der Waals surface area contributed by atoms with E-state index in [1.54, 1.807) is 0 Å². The SMILES string of the molecule is CC1(C)CCCCCC(F)C1. The molecule has 0 nitrogen and oxygen atoms in total. The highest BCUT2D eigenvalue weighted by atomic mass is 19.1. The third-order valence-corrected chi connectivity index (χ3v) is 2.64. The molecule has 0 aromatic heterocycles. The van der Waals surface area contributed by atoms with Gasteiger partial charge in [-0.15, -0.1) is 0 Å². The van der Waals surface area contributed by atoms with Crippen LogP contribution in [0.5, 0.6) is 0 Å². The Labute approximate surface area is 69.2 Å². The molecule has 0 saturated heterocycles. The summed E-state index contributed by atoms with van der Waals surface area (Å²) in [6, 6.07) is 0. The van der Waals surface area contributed by atoms with Crippen LogP contribution in [0.25, 0.3) is 0 Å². The van der Waals surface area contributed by atoms with Gasteiger partial charge in [-0.25, -0.2) is 4.39 Å². The number of hydrogen-bond acceptors (Lipinski definition) is 0. The van der Waals surface area contributed by atoms with Gasteiger partial charge in [0.2, 0.25) is 0 Å². The zero-order valence-electron chi connectivity index (χ0n) is 7.70. The van der Waals surface area contributed by atoms with Gasteiger partial charge in [-0.3, -0.25) is 0 Å². The first-order valence-corrected chi connectivity index (χ1v) is 4.74. The molecule has 0 amide bonds. The largest absolute Gasteiger partial charge is 0.247 e. The summed E-state index contributed by atoms with van der Waals surface area (Å²) in [4.78, 5) is 0. The highest BCUT2D eigenvalue weighted by molar-refractivity contribution is 4.75. The molecule has 0 heterocycles. The third kappa shape index (κ3) is 3.22. The molecule has 1 aliphatic carbocycles. The molecule has 0 bridgehead atoms. The molecule has 0 spiro atoms. The monoisotopic (exact) mass is 158 g/mol. The fourth-order valence-electron chi connectivity index (χ4n) is 1.95. The van der Waals surface area contributed by atoms with Crippen molar-refractivity contribution < 1.29 is 4.39 Å². The Morgan fingerprint density at radius 1 is 1.18 bits per heavy atom. The second-order valence-corrected chi connectivity index (χ2v) is 4.56. The molecule has 66 valence electrons. The normalized spacial score (nSPS) is 32.5. The quantitative estimate of drug-likeness (QED) is 0.504. The minimum atomic E-state index is -0.537. The van der Waals surface area contributed by atoms with Crippen LogP contribution in [0.3, 0.4) is 0 Å². The van der Waals surface area contributed by atoms with Gasteiger partial charge in [0.05, 0.1) is 0 Å². The Balaban J connectivity index is 2.42. The minimum absolute atomic E-state index is 0.250. The summed E-state index contributed by atoms with van der Waals surface area (Å²) >= 11 is 0. The second-order valence-electron chi connectivity index (χ2n) is 4.56. The molecular weight excluding hydrogens is 139 g/mol. The van der Waals surface area contributed by atoms with Gasteiger partial charge in [-0.1, -0.05) is 33.1 Å². The van der Waals surface area contributed by atoms with E-state index in [-0.39, 0.29) is 5.41 Å². The fraction of sp³-hybridized carbons (Fsp3) is 1.00. The summed E-state index contributed by atoms with van der Waals surface area (Å²) in [5.41, 5.74) is 0.250. The predicted molar refractivity (Wildman–Crippen MR) is 46.4 cm³/mol. The molecule has 1 saturated carbocycles. The first-order chi connectivity index (χ1) is 5.10. The van der Waals surface area contributed by atoms with E-state index in [1.807, 2.05) is 0 Å². The standard InChI is InChI=1S/C10H19F/c1-10(2)7-5-3-4-6-9(11)8-10/h9H,3-8H2,1-2H3. The Morgan fingerprint density at radius 2 is 1.91 bits per heavy atom.